The molecule has 0 unspecified atom stereocenters. The first-order valence-electron chi connectivity index (χ1n) is 6.13. The van der Waals surface area contributed by atoms with Crippen molar-refractivity contribution in [1.29, 1.82) is 0 Å². The molecule has 60 valence electrons. The Balaban J connectivity index is 3.22. The summed E-state index contributed by atoms with van der Waals surface area (Å²) in [5.74, 6) is 0. The van der Waals surface area contributed by atoms with E-state index in [4.69, 9.17) is 8.22 Å². The molecule has 0 aliphatic rings. The number of fused-ring (bicyclic) bond motifs is 1. The Hall–Kier alpha value is -0.340. The van der Waals surface area contributed by atoms with E-state index in [0.29, 0.717) is 0 Å². The lowest BCUT2D eigenvalue weighted by atomic mass is 10.1. The maximum absolute atomic E-state index is 7.89. The summed E-state index contributed by atoms with van der Waals surface area (Å²) in [6.07, 6.45) is 0. The molecule has 0 heterocycles. The zero-order valence-corrected chi connectivity index (χ0v) is 8.93. The summed E-state index contributed by atoms with van der Waals surface area (Å²) in [6, 6.07) is -1.11. The summed E-state index contributed by atoms with van der Waals surface area (Å²) < 4.78 is 47.1. The Morgan fingerprint density at radius 1 is 0.833 bits per heavy atom. The maximum Gasteiger partial charge on any atom is 0.0641 e. The van der Waals surface area contributed by atoms with Crippen molar-refractivity contribution in [3.05, 3.63) is 45.2 Å². The standard InChI is InChI=1S/C10H6Br2/c11-9-3-1-7-2-4-10(12)6-8(7)5-9/h1-6H/i1D,2D,3D,4D,5D,6D. The van der Waals surface area contributed by atoms with E-state index in [2.05, 4.69) is 31.9 Å². The highest BCUT2D eigenvalue weighted by Crippen LogP contribution is 2.22. The van der Waals surface area contributed by atoms with Gasteiger partial charge in [0.1, 0.15) is 0 Å². The van der Waals surface area contributed by atoms with Crippen LogP contribution in [0, 0.1) is 0 Å². The average Bonchev–Trinajstić information content (AvgIpc) is 2.35. The third-order valence-electron chi connectivity index (χ3n) is 1.31. The molecule has 0 radical (unpaired) electrons. The van der Waals surface area contributed by atoms with E-state index in [-0.39, 0.29) is 56.0 Å². The third-order valence-corrected chi connectivity index (χ3v) is 2.11. The highest BCUT2D eigenvalue weighted by Gasteiger charge is 1.94. The average molecular weight is 292 g/mol. The van der Waals surface area contributed by atoms with Gasteiger partial charge < -0.3 is 0 Å². The maximum atomic E-state index is 7.89. The number of rotatable bonds is 0. The lowest BCUT2D eigenvalue weighted by molar-refractivity contribution is 1.67. The first-order valence-corrected chi connectivity index (χ1v) is 4.71. The molecule has 0 N–H and O–H groups in total. The Morgan fingerprint density at radius 2 is 1.33 bits per heavy atom. The molecule has 2 aromatic rings. The van der Waals surface area contributed by atoms with Crippen LogP contribution in [0.3, 0.4) is 0 Å². The Morgan fingerprint density at radius 3 is 1.83 bits per heavy atom. The lowest BCUT2D eigenvalue weighted by Gasteiger charge is -1.98. The molecule has 0 spiro atoms. The van der Waals surface area contributed by atoms with Crippen LogP contribution in [0.2, 0.25) is 0 Å². The van der Waals surface area contributed by atoms with Crippen molar-refractivity contribution in [1.82, 2.24) is 0 Å². The molecule has 0 saturated heterocycles. The van der Waals surface area contributed by atoms with Gasteiger partial charge in [-0.3, -0.25) is 0 Å². The van der Waals surface area contributed by atoms with Gasteiger partial charge in [0.15, 0.2) is 0 Å². The molecule has 0 amide bonds. The molecule has 0 nitrogen and oxygen atoms in total. The van der Waals surface area contributed by atoms with E-state index in [0.717, 1.165) is 0 Å². The molecule has 0 atom stereocenters. The van der Waals surface area contributed by atoms with Crippen molar-refractivity contribution in [2.45, 2.75) is 0 Å². The van der Waals surface area contributed by atoms with Gasteiger partial charge in [0.05, 0.1) is 8.22 Å². The normalized spacial score (nSPS) is 17.5. The number of benzene rings is 2. The Bertz CT molecular complexity index is 569. The fourth-order valence-corrected chi connectivity index (χ4v) is 1.42. The molecule has 2 heteroatoms. The molecule has 0 aliphatic carbocycles. The predicted octanol–water partition coefficient (Wildman–Crippen LogP) is 4.36. The van der Waals surface area contributed by atoms with Gasteiger partial charge in [0.25, 0.3) is 0 Å². The first-order chi connectivity index (χ1) is 8.29. The number of hydrogen-bond donors (Lipinski definition) is 0. The molecule has 0 aliphatic heterocycles. The van der Waals surface area contributed by atoms with Gasteiger partial charge in [-0.15, -0.1) is 0 Å². The fourth-order valence-electron chi connectivity index (χ4n) is 0.829. The summed E-state index contributed by atoms with van der Waals surface area (Å²) in [4.78, 5) is 0. The highest BCUT2D eigenvalue weighted by molar-refractivity contribution is 9.10. The van der Waals surface area contributed by atoms with Crippen molar-refractivity contribution >= 4 is 42.6 Å². The van der Waals surface area contributed by atoms with Crippen LogP contribution in [0.4, 0.5) is 0 Å². The minimum atomic E-state index is -0.243. The fraction of sp³-hybridized carbons (Fsp3) is 0. The Kier molecular flexibility index (Phi) is 1.01. The van der Waals surface area contributed by atoms with Gasteiger partial charge in [0, 0.05) is 8.95 Å². The van der Waals surface area contributed by atoms with Crippen LogP contribution in [0.25, 0.3) is 10.8 Å². The zero-order valence-electron chi connectivity index (χ0n) is 11.8. The van der Waals surface area contributed by atoms with Gasteiger partial charge in [-0.2, -0.15) is 0 Å². The SMILES string of the molecule is [2H]c1c(Br)c([2H])c2c([2H])c(Br)c([2H])c([2H])c2c1[2H]. The van der Waals surface area contributed by atoms with E-state index < -0.39 is 0 Å². The molecule has 0 aromatic heterocycles. The van der Waals surface area contributed by atoms with Crippen LogP contribution in [-0.2, 0) is 0 Å². The third kappa shape index (κ3) is 1.54. The summed E-state index contributed by atoms with van der Waals surface area (Å²) >= 11 is 6.10. The van der Waals surface area contributed by atoms with Crippen molar-refractivity contribution < 1.29 is 8.22 Å². The minimum absolute atomic E-state index is 0.00593. The molecular formula is C10H6Br2. The molecule has 2 aromatic carbocycles. The minimum Gasteiger partial charge on any atom is -0.0533 e. The van der Waals surface area contributed by atoms with Gasteiger partial charge >= 0.3 is 0 Å². The van der Waals surface area contributed by atoms with E-state index in [9.17, 15) is 0 Å². The van der Waals surface area contributed by atoms with E-state index in [1.54, 1.807) is 0 Å². The zero-order chi connectivity index (χ0) is 13.8. The first kappa shape index (κ1) is 3.81. The van der Waals surface area contributed by atoms with Crippen molar-refractivity contribution in [2.75, 3.05) is 0 Å². The summed E-state index contributed by atoms with van der Waals surface area (Å²) in [7, 11) is 0. The van der Waals surface area contributed by atoms with Gasteiger partial charge in [-0.05, 0) is 34.9 Å². The summed E-state index contributed by atoms with van der Waals surface area (Å²) in [5.41, 5.74) is 0. The van der Waals surface area contributed by atoms with E-state index >= 15 is 0 Å². The van der Waals surface area contributed by atoms with E-state index in [1.807, 2.05) is 0 Å². The summed E-state index contributed by atoms with van der Waals surface area (Å²) in [6.45, 7) is 0. The van der Waals surface area contributed by atoms with Crippen LogP contribution in [0.15, 0.2) is 45.2 Å². The van der Waals surface area contributed by atoms with Gasteiger partial charge in [-0.1, -0.05) is 43.9 Å². The number of hydrogen-bond acceptors (Lipinski definition) is 0. The predicted molar refractivity (Wildman–Crippen MR) is 59.3 cm³/mol. The smallest absolute Gasteiger partial charge is 0.0533 e. The number of halogens is 2. The van der Waals surface area contributed by atoms with E-state index in [1.165, 1.54) is 0 Å². The second-order valence-electron chi connectivity index (χ2n) is 2.13. The van der Waals surface area contributed by atoms with Crippen LogP contribution < -0.4 is 0 Å². The molecule has 0 bridgehead atoms. The quantitative estimate of drug-likeness (QED) is 0.676. The van der Waals surface area contributed by atoms with Crippen LogP contribution in [0.5, 0.6) is 0 Å². The molecule has 0 saturated carbocycles. The van der Waals surface area contributed by atoms with Crippen molar-refractivity contribution in [3.63, 3.8) is 0 Å². The van der Waals surface area contributed by atoms with Gasteiger partial charge in [-0.25, -0.2) is 0 Å². The molecular weight excluding hydrogens is 280 g/mol. The van der Waals surface area contributed by atoms with Crippen molar-refractivity contribution in [2.24, 2.45) is 0 Å². The summed E-state index contributed by atoms with van der Waals surface area (Å²) in [5, 5.41) is 0.113. The largest absolute Gasteiger partial charge is 0.0641 e. The van der Waals surface area contributed by atoms with Crippen molar-refractivity contribution in [3.8, 4) is 0 Å². The lowest BCUT2D eigenvalue weighted by Crippen LogP contribution is -1.72. The molecule has 2 rings (SSSR count). The topological polar surface area (TPSA) is 0 Å². The second-order valence-corrected chi connectivity index (χ2v) is 3.71. The molecule has 0 fully saturated rings. The monoisotopic (exact) mass is 290 g/mol. The second kappa shape index (κ2) is 3.19. The van der Waals surface area contributed by atoms with Crippen LogP contribution in [0.1, 0.15) is 8.22 Å². The molecule has 12 heavy (non-hydrogen) atoms. The van der Waals surface area contributed by atoms with Crippen LogP contribution >= 0.6 is 31.9 Å². The van der Waals surface area contributed by atoms with Crippen LogP contribution in [-0.4, -0.2) is 0 Å². The Labute approximate surface area is 96.3 Å². The van der Waals surface area contributed by atoms with Gasteiger partial charge in [0.2, 0.25) is 0 Å². The highest BCUT2D eigenvalue weighted by atomic mass is 79.9.